The van der Waals surface area contributed by atoms with Crippen LogP contribution in [0, 0.1) is 17.3 Å². The summed E-state index contributed by atoms with van der Waals surface area (Å²) in [5.74, 6) is 1.17. The number of hydrogen-bond acceptors (Lipinski definition) is 3. The van der Waals surface area contributed by atoms with Crippen LogP contribution in [0.2, 0.25) is 0 Å². The summed E-state index contributed by atoms with van der Waals surface area (Å²) in [5, 5.41) is 6.77. The first-order valence-electron chi connectivity index (χ1n) is 9.94. The van der Waals surface area contributed by atoms with E-state index in [-0.39, 0.29) is 24.4 Å². The summed E-state index contributed by atoms with van der Waals surface area (Å²) < 4.78 is 0. The van der Waals surface area contributed by atoms with Crippen molar-refractivity contribution < 1.29 is 4.79 Å². The summed E-state index contributed by atoms with van der Waals surface area (Å²) in [6.45, 7) is 7.62. The fourth-order valence-electron chi connectivity index (χ4n) is 4.89. The molecular formula is C21H32ClN3O. The summed E-state index contributed by atoms with van der Waals surface area (Å²) in [6.07, 6.45) is 4.65. The first-order chi connectivity index (χ1) is 12.2. The van der Waals surface area contributed by atoms with Crippen molar-refractivity contribution in [2.45, 2.75) is 45.2 Å². The monoisotopic (exact) mass is 377 g/mol. The summed E-state index contributed by atoms with van der Waals surface area (Å²) in [5.41, 5.74) is 1.72. The molecule has 1 amide bonds. The molecule has 4 nitrogen and oxygen atoms in total. The highest BCUT2D eigenvalue weighted by molar-refractivity contribution is 5.85. The number of amides is 1. The maximum Gasteiger partial charge on any atom is 0.223 e. The standard InChI is InChI=1S/C21H31N3O.ClH/c1-16(23-20(25)19-13-21(19)8-10-22-11-9-21)18-7-12-24(15-18)14-17-5-3-2-4-6-17;/h2-6,16,18-19,22H,7-15H2,1H3,(H,23,25);1H. The Hall–Kier alpha value is -1.10. The maximum atomic E-state index is 12.7. The van der Waals surface area contributed by atoms with Gasteiger partial charge in [0, 0.05) is 25.0 Å². The van der Waals surface area contributed by atoms with Gasteiger partial charge in [0.15, 0.2) is 0 Å². The molecule has 2 heterocycles. The van der Waals surface area contributed by atoms with E-state index in [2.05, 4.69) is 52.8 Å². The van der Waals surface area contributed by atoms with Crippen molar-refractivity contribution in [1.82, 2.24) is 15.5 Å². The number of halogens is 1. The molecule has 0 radical (unpaired) electrons. The smallest absolute Gasteiger partial charge is 0.223 e. The Morgan fingerprint density at radius 2 is 2.04 bits per heavy atom. The number of carbonyl (C=O) groups is 1. The molecule has 144 valence electrons. The highest BCUT2D eigenvalue weighted by atomic mass is 35.5. The van der Waals surface area contributed by atoms with E-state index in [1.54, 1.807) is 0 Å². The third-order valence-electron chi connectivity index (χ3n) is 6.74. The van der Waals surface area contributed by atoms with Gasteiger partial charge in [-0.05, 0) is 69.1 Å². The summed E-state index contributed by atoms with van der Waals surface area (Å²) in [4.78, 5) is 15.2. The third-order valence-corrected chi connectivity index (χ3v) is 6.74. The van der Waals surface area contributed by atoms with Gasteiger partial charge in [-0.15, -0.1) is 12.4 Å². The van der Waals surface area contributed by atoms with Crippen molar-refractivity contribution in [3.63, 3.8) is 0 Å². The van der Waals surface area contributed by atoms with E-state index in [0.717, 1.165) is 39.1 Å². The quantitative estimate of drug-likeness (QED) is 0.829. The van der Waals surface area contributed by atoms with Crippen LogP contribution in [0.1, 0.15) is 38.2 Å². The lowest BCUT2D eigenvalue weighted by atomic mass is 9.91. The Kier molecular flexibility index (Phi) is 6.26. The van der Waals surface area contributed by atoms with Crippen LogP contribution in [0.4, 0.5) is 0 Å². The van der Waals surface area contributed by atoms with Gasteiger partial charge in [0.1, 0.15) is 0 Å². The van der Waals surface area contributed by atoms with Crippen molar-refractivity contribution in [2.24, 2.45) is 17.3 Å². The van der Waals surface area contributed by atoms with E-state index in [1.165, 1.54) is 24.8 Å². The number of likely N-dealkylation sites (tertiary alicyclic amines) is 1. The second-order valence-corrected chi connectivity index (χ2v) is 8.44. The van der Waals surface area contributed by atoms with Crippen LogP contribution in [0.15, 0.2) is 30.3 Å². The van der Waals surface area contributed by atoms with Crippen LogP contribution in [-0.2, 0) is 11.3 Å². The minimum absolute atomic E-state index is 0. The predicted molar refractivity (Wildman–Crippen MR) is 107 cm³/mol. The number of nitrogens with one attached hydrogen (secondary N) is 2. The van der Waals surface area contributed by atoms with E-state index >= 15 is 0 Å². The largest absolute Gasteiger partial charge is 0.353 e. The van der Waals surface area contributed by atoms with Crippen LogP contribution in [-0.4, -0.2) is 43.0 Å². The van der Waals surface area contributed by atoms with E-state index in [4.69, 9.17) is 0 Å². The van der Waals surface area contributed by atoms with Crippen molar-refractivity contribution in [3.05, 3.63) is 35.9 Å². The lowest BCUT2D eigenvalue weighted by molar-refractivity contribution is -0.124. The molecule has 0 bridgehead atoms. The Labute approximate surface area is 163 Å². The molecule has 3 atom stereocenters. The fraction of sp³-hybridized carbons (Fsp3) is 0.667. The van der Waals surface area contributed by atoms with Crippen molar-refractivity contribution in [1.29, 1.82) is 0 Å². The molecule has 4 rings (SSSR count). The lowest BCUT2D eigenvalue weighted by Gasteiger charge is -2.25. The number of piperidine rings is 1. The Bertz CT molecular complexity index is 603. The molecule has 2 saturated heterocycles. The number of benzene rings is 1. The molecule has 0 aromatic heterocycles. The zero-order chi connectivity index (χ0) is 17.3. The average molecular weight is 378 g/mol. The molecule has 1 aromatic rings. The molecule has 3 unspecified atom stereocenters. The second-order valence-electron chi connectivity index (χ2n) is 8.44. The zero-order valence-corrected chi connectivity index (χ0v) is 16.6. The number of nitrogens with zero attached hydrogens (tertiary/aromatic N) is 1. The number of rotatable bonds is 5. The van der Waals surface area contributed by atoms with Gasteiger partial charge in [-0.1, -0.05) is 30.3 Å². The Morgan fingerprint density at radius 3 is 2.77 bits per heavy atom. The summed E-state index contributed by atoms with van der Waals surface area (Å²) in [7, 11) is 0. The van der Waals surface area contributed by atoms with Gasteiger partial charge in [-0.3, -0.25) is 9.69 Å². The molecule has 1 saturated carbocycles. The van der Waals surface area contributed by atoms with Gasteiger partial charge in [-0.2, -0.15) is 0 Å². The highest BCUT2D eigenvalue weighted by Gasteiger charge is 2.57. The van der Waals surface area contributed by atoms with Crippen LogP contribution in [0.5, 0.6) is 0 Å². The molecule has 3 aliphatic rings. The zero-order valence-electron chi connectivity index (χ0n) is 15.7. The van der Waals surface area contributed by atoms with Gasteiger partial charge in [-0.25, -0.2) is 0 Å². The molecule has 3 fully saturated rings. The van der Waals surface area contributed by atoms with Crippen LogP contribution < -0.4 is 10.6 Å². The van der Waals surface area contributed by atoms with Crippen molar-refractivity contribution in [3.8, 4) is 0 Å². The summed E-state index contributed by atoms with van der Waals surface area (Å²) in [6, 6.07) is 11.0. The van der Waals surface area contributed by atoms with Gasteiger partial charge in [0.25, 0.3) is 0 Å². The molecule has 5 heteroatoms. The van der Waals surface area contributed by atoms with Crippen molar-refractivity contribution in [2.75, 3.05) is 26.2 Å². The molecule has 1 aromatic carbocycles. The average Bonchev–Trinajstić information content (AvgIpc) is 3.11. The molecule has 1 aliphatic carbocycles. The minimum Gasteiger partial charge on any atom is -0.353 e. The molecule has 26 heavy (non-hydrogen) atoms. The first-order valence-corrected chi connectivity index (χ1v) is 9.94. The highest BCUT2D eigenvalue weighted by Crippen LogP contribution is 2.58. The van der Waals surface area contributed by atoms with Gasteiger partial charge >= 0.3 is 0 Å². The molecule has 1 spiro atoms. The predicted octanol–water partition coefficient (Wildman–Crippen LogP) is 2.82. The second kappa shape index (κ2) is 8.28. The lowest BCUT2D eigenvalue weighted by Crippen LogP contribution is -2.41. The summed E-state index contributed by atoms with van der Waals surface area (Å²) >= 11 is 0. The Balaban J connectivity index is 0.00000196. The van der Waals surface area contributed by atoms with Crippen molar-refractivity contribution >= 4 is 18.3 Å². The van der Waals surface area contributed by atoms with Gasteiger partial charge in [0.05, 0.1) is 0 Å². The van der Waals surface area contributed by atoms with E-state index in [9.17, 15) is 4.79 Å². The molecule has 2 aliphatic heterocycles. The normalized spacial score (nSPS) is 28.3. The van der Waals surface area contributed by atoms with Gasteiger partial charge in [0.2, 0.25) is 5.91 Å². The van der Waals surface area contributed by atoms with Crippen LogP contribution >= 0.6 is 12.4 Å². The molecule has 2 N–H and O–H groups in total. The minimum atomic E-state index is 0. The topological polar surface area (TPSA) is 44.4 Å². The first kappa shape index (κ1) is 19.7. The number of carbonyl (C=O) groups excluding carboxylic acids is 1. The fourth-order valence-corrected chi connectivity index (χ4v) is 4.89. The van der Waals surface area contributed by atoms with Crippen LogP contribution in [0.3, 0.4) is 0 Å². The van der Waals surface area contributed by atoms with E-state index in [0.29, 0.717) is 17.2 Å². The van der Waals surface area contributed by atoms with Gasteiger partial charge < -0.3 is 10.6 Å². The molecular weight excluding hydrogens is 346 g/mol. The number of hydrogen-bond donors (Lipinski definition) is 2. The maximum absolute atomic E-state index is 12.7. The SMILES string of the molecule is CC(NC(=O)C1CC12CCNCC2)C1CCN(Cc2ccccc2)C1.Cl. The Morgan fingerprint density at radius 1 is 1.31 bits per heavy atom. The van der Waals surface area contributed by atoms with E-state index < -0.39 is 0 Å². The third kappa shape index (κ3) is 4.24. The van der Waals surface area contributed by atoms with Crippen LogP contribution in [0.25, 0.3) is 0 Å². The van der Waals surface area contributed by atoms with E-state index in [1.807, 2.05) is 0 Å².